The number of anilines is 3. The van der Waals surface area contributed by atoms with Crippen LogP contribution in [0.15, 0.2) is 72.4 Å². The molecule has 3 aromatic heterocycles. The van der Waals surface area contributed by atoms with Crippen LogP contribution in [-0.4, -0.2) is 67.3 Å². The molecule has 1 aromatic carbocycles. The smallest absolute Gasteiger partial charge is 0.416 e. The highest BCUT2D eigenvalue weighted by Gasteiger charge is 2.40. The van der Waals surface area contributed by atoms with Crippen molar-refractivity contribution in [1.82, 2.24) is 24.7 Å². The molecule has 0 bridgehead atoms. The summed E-state index contributed by atoms with van der Waals surface area (Å²) in [6.07, 6.45) is 13.3. The van der Waals surface area contributed by atoms with Crippen molar-refractivity contribution in [3.8, 4) is 17.2 Å². The van der Waals surface area contributed by atoms with Gasteiger partial charge in [0.05, 0.1) is 18.1 Å². The molecule has 3 aliphatic rings. The van der Waals surface area contributed by atoms with Crippen LogP contribution in [0.25, 0.3) is 11.1 Å². The van der Waals surface area contributed by atoms with E-state index in [0.717, 1.165) is 86.9 Å². The fourth-order valence-corrected chi connectivity index (χ4v) is 7.26. The number of aryl methyl sites for hydroxylation is 1. The second kappa shape index (κ2) is 14.5. The molecule has 2 fully saturated rings. The van der Waals surface area contributed by atoms with Gasteiger partial charge in [-0.25, -0.2) is 14.8 Å². The molecule has 4 aromatic rings. The molecule has 50 heavy (non-hydrogen) atoms. The van der Waals surface area contributed by atoms with Gasteiger partial charge in [0.2, 0.25) is 5.95 Å². The van der Waals surface area contributed by atoms with Crippen LogP contribution < -0.4 is 15.1 Å². The Balaban J connectivity index is 1.02. The number of oxime groups is 1. The number of ether oxygens (including phenoxy) is 1. The van der Waals surface area contributed by atoms with Crippen LogP contribution in [0.1, 0.15) is 69.4 Å². The van der Waals surface area contributed by atoms with Crippen molar-refractivity contribution in [3.63, 3.8) is 0 Å². The fraction of sp³-hybridized carbons (Fsp3) is 0.432. The van der Waals surface area contributed by atoms with Crippen molar-refractivity contribution >= 4 is 29.4 Å². The monoisotopic (exact) mass is 674 g/mol. The van der Waals surface area contributed by atoms with E-state index < -0.39 is 6.09 Å². The molecule has 258 valence electrons. The molecular formula is C37H42N10O3. The first kappa shape index (κ1) is 33.0. The molecular weight excluding hydrogens is 632 g/mol. The Bertz CT molecular complexity index is 1860. The number of benzene rings is 1. The second-order valence-corrected chi connectivity index (χ2v) is 13.5. The van der Waals surface area contributed by atoms with Crippen molar-refractivity contribution < 1.29 is 14.4 Å². The van der Waals surface area contributed by atoms with E-state index in [2.05, 4.69) is 31.5 Å². The third-order valence-corrected chi connectivity index (χ3v) is 9.89. The normalized spacial score (nSPS) is 21.9. The number of nitriles is 1. The molecule has 5 heterocycles. The maximum absolute atomic E-state index is 13.7. The standard InChI is InChI=1S/C37H42N10O3/c1-26-19-37(50-44-26)15-6-17-46(18-16-37)34-29(20-38)22-40-35(43-34)42-31-10-12-32(13-11-31)47(36(48)49-25-27-7-4-3-5-8-27)33-14-9-28(21-39-33)30-23-41-45(2)24-30/h3-5,7-9,14,21-24,31-32H,6,10-13,15-19,25H2,1-2H3,(H,40,42,43)/t31-,32-,37?. The third kappa shape index (κ3) is 7.39. The number of rotatable bonds is 8. The SMILES string of the molecule is CC1=NOC2(CCCN(c3nc(N[C@H]4CC[C@H](N(C(=O)OCc5ccccc5)c5ccc(-c6cnn(C)c6)cn5)CC4)ncc3C#N)CC2)C1. The quantitative estimate of drug-likeness (QED) is 0.228. The molecule has 1 amide bonds. The summed E-state index contributed by atoms with van der Waals surface area (Å²) in [5.41, 5.74) is 4.04. The molecule has 1 aliphatic carbocycles. The number of amides is 1. The minimum Gasteiger partial charge on any atom is -0.444 e. The van der Waals surface area contributed by atoms with Crippen molar-refractivity contribution in [2.45, 2.75) is 82.6 Å². The zero-order valence-corrected chi connectivity index (χ0v) is 28.5. The van der Waals surface area contributed by atoms with Crippen LogP contribution in [0.2, 0.25) is 0 Å². The van der Waals surface area contributed by atoms with Crippen molar-refractivity contribution in [1.29, 1.82) is 5.26 Å². The first-order chi connectivity index (χ1) is 24.4. The predicted octanol–water partition coefficient (Wildman–Crippen LogP) is 6.24. The van der Waals surface area contributed by atoms with E-state index in [1.54, 1.807) is 28.2 Å². The first-order valence-electron chi connectivity index (χ1n) is 17.3. The highest BCUT2D eigenvalue weighted by Crippen LogP contribution is 2.36. The minimum atomic E-state index is -0.420. The lowest BCUT2D eigenvalue weighted by molar-refractivity contribution is -0.0271. The summed E-state index contributed by atoms with van der Waals surface area (Å²) in [7, 11) is 1.88. The highest BCUT2D eigenvalue weighted by molar-refractivity contribution is 5.87. The molecule has 1 saturated carbocycles. The van der Waals surface area contributed by atoms with Gasteiger partial charge < -0.3 is 19.8 Å². The number of nitrogens with one attached hydrogen (secondary N) is 1. The minimum absolute atomic E-state index is 0.0969. The van der Waals surface area contributed by atoms with Crippen LogP contribution in [-0.2, 0) is 23.2 Å². The van der Waals surface area contributed by atoms with Gasteiger partial charge in [0, 0.05) is 68.6 Å². The van der Waals surface area contributed by atoms with Gasteiger partial charge in [0.15, 0.2) is 5.82 Å². The van der Waals surface area contributed by atoms with Crippen LogP contribution in [0.4, 0.5) is 22.4 Å². The third-order valence-electron chi connectivity index (χ3n) is 9.89. The Labute approximate surface area is 291 Å². The molecule has 0 radical (unpaired) electrons. The Morgan fingerprint density at radius 3 is 2.60 bits per heavy atom. The number of aromatic nitrogens is 5. The van der Waals surface area contributed by atoms with Crippen molar-refractivity contribution in [3.05, 3.63) is 78.4 Å². The zero-order valence-electron chi connectivity index (χ0n) is 28.5. The number of nitrogens with zero attached hydrogens (tertiary/aromatic N) is 9. The van der Waals surface area contributed by atoms with Gasteiger partial charge in [-0.05, 0) is 63.1 Å². The molecule has 13 nitrogen and oxygen atoms in total. The summed E-state index contributed by atoms with van der Waals surface area (Å²) >= 11 is 0. The number of pyridine rings is 1. The largest absolute Gasteiger partial charge is 0.444 e. The average molecular weight is 675 g/mol. The summed E-state index contributed by atoms with van der Waals surface area (Å²) in [4.78, 5) is 37.5. The number of carbonyl (C=O) groups is 1. The van der Waals surface area contributed by atoms with Crippen LogP contribution in [0.5, 0.6) is 0 Å². The van der Waals surface area contributed by atoms with Gasteiger partial charge >= 0.3 is 6.09 Å². The maximum atomic E-state index is 13.7. The van der Waals surface area contributed by atoms with E-state index >= 15 is 0 Å². The van der Waals surface area contributed by atoms with Crippen LogP contribution in [0, 0.1) is 11.3 Å². The summed E-state index contributed by atoms with van der Waals surface area (Å²) in [6, 6.07) is 15.8. The lowest BCUT2D eigenvalue weighted by Crippen LogP contribution is -2.45. The lowest BCUT2D eigenvalue weighted by Gasteiger charge is -2.36. The van der Waals surface area contributed by atoms with Gasteiger partial charge in [-0.3, -0.25) is 9.58 Å². The molecule has 1 atom stereocenters. The summed E-state index contributed by atoms with van der Waals surface area (Å²) in [6.45, 7) is 3.70. The number of hydrogen-bond acceptors (Lipinski definition) is 11. The van der Waals surface area contributed by atoms with E-state index in [1.807, 2.05) is 62.6 Å². The Morgan fingerprint density at radius 2 is 1.90 bits per heavy atom. The van der Waals surface area contributed by atoms with Gasteiger partial charge in [0.1, 0.15) is 29.7 Å². The van der Waals surface area contributed by atoms with Crippen molar-refractivity contribution in [2.24, 2.45) is 12.2 Å². The summed E-state index contributed by atoms with van der Waals surface area (Å²) < 4.78 is 7.58. The highest BCUT2D eigenvalue weighted by atomic mass is 16.7. The topological polar surface area (TPSA) is 147 Å². The average Bonchev–Trinajstić information content (AvgIpc) is 3.68. The first-order valence-corrected chi connectivity index (χ1v) is 17.3. The van der Waals surface area contributed by atoms with E-state index in [9.17, 15) is 10.1 Å². The Kier molecular flexibility index (Phi) is 9.60. The number of hydrogen-bond donors (Lipinski definition) is 1. The van der Waals surface area contributed by atoms with E-state index in [1.165, 1.54) is 0 Å². The van der Waals surface area contributed by atoms with Gasteiger partial charge in [-0.1, -0.05) is 35.5 Å². The van der Waals surface area contributed by atoms with E-state index in [-0.39, 0.29) is 24.3 Å². The van der Waals surface area contributed by atoms with E-state index in [0.29, 0.717) is 23.1 Å². The van der Waals surface area contributed by atoms with Gasteiger partial charge in [0.25, 0.3) is 0 Å². The number of carbonyl (C=O) groups excluding carboxylic acids is 1. The Hall–Kier alpha value is -5.51. The molecule has 7 rings (SSSR count). The lowest BCUT2D eigenvalue weighted by atomic mass is 9.90. The molecule has 2 aliphatic heterocycles. The van der Waals surface area contributed by atoms with Crippen LogP contribution in [0.3, 0.4) is 0 Å². The predicted molar refractivity (Wildman–Crippen MR) is 190 cm³/mol. The van der Waals surface area contributed by atoms with Gasteiger partial charge in [-0.15, -0.1) is 0 Å². The molecule has 1 saturated heterocycles. The zero-order chi connectivity index (χ0) is 34.5. The maximum Gasteiger partial charge on any atom is 0.416 e. The molecule has 1 N–H and O–H groups in total. The molecule has 1 spiro atoms. The fourth-order valence-electron chi connectivity index (χ4n) is 7.26. The van der Waals surface area contributed by atoms with Crippen LogP contribution >= 0.6 is 0 Å². The molecule has 13 heteroatoms. The van der Waals surface area contributed by atoms with Crippen molar-refractivity contribution in [2.75, 3.05) is 28.2 Å². The second-order valence-electron chi connectivity index (χ2n) is 13.5. The van der Waals surface area contributed by atoms with Gasteiger partial charge in [-0.2, -0.15) is 15.3 Å². The molecule has 1 unspecified atom stereocenters. The van der Waals surface area contributed by atoms with E-state index in [4.69, 9.17) is 19.5 Å². The summed E-state index contributed by atoms with van der Waals surface area (Å²) in [5.74, 6) is 1.71. The Morgan fingerprint density at radius 1 is 1.06 bits per heavy atom. The summed E-state index contributed by atoms with van der Waals surface area (Å²) in [5, 5.41) is 21.9.